The molecule has 1 heterocycles. The molecule has 1 aromatic heterocycles. The number of nitrogens with one attached hydrogen (secondary N) is 1. The van der Waals surface area contributed by atoms with Gasteiger partial charge in [0.1, 0.15) is 6.04 Å². The lowest BCUT2D eigenvalue weighted by Gasteiger charge is -2.34. The summed E-state index contributed by atoms with van der Waals surface area (Å²) in [5.74, 6) is -0.164. The lowest BCUT2D eigenvalue weighted by molar-refractivity contribution is -0.132. The van der Waals surface area contributed by atoms with Gasteiger partial charge in [-0.2, -0.15) is 4.98 Å². The zero-order chi connectivity index (χ0) is 30.6. The topological polar surface area (TPSA) is 116 Å². The number of aryl methyl sites for hydroxylation is 1. The molecular formula is C32H35BrN4O5. The molecule has 10 heteroatoms. The van der Waals surface area contributed by atoms with E-state index in [4.69, 9.17) is 4.42 Å². The Morgan fingerprint density at radius 3 is 2.19 bits per heavy atom. The standard InChI is InChI=1S/C32H35BrN4O5/c1-6-36(19-22-15-11-8-12-16-22)28(38)24(17-21-13-9-7-10-14-21)34-30-35-27-23(33)18-25(20(2)26(27)29(39)42-30)37(31(40)41)32(3,4)5/h7-16,18,24H,6,17,19H2,1-5H3,(H,34,35)(H,40,41)/t24-/m0/s1. The third kappa shape index (κ3) is 6.82. The van der Waals surface area contributed by atoms with Gasteiger partial charge in [0.25, 0.3) is 6.01 Å². The van der Waals surface area contributed by atoms with Crippen LogP contribution in [0, 0.1) is 6.92 Å². The second-order valence-electron chi connectivity index (χ2n) is 11.0. The van der Waals surface area contributed by atoms with Gasteiger partial charge < -0.3 is 19.7 Å². The molecule has 0 aliphatic heterocycles. The van der Waals surface area contributed by atoms with E-state index in [1.165, 1.54) is 4.90 Å². The first kappa shape index (κ1) is 30.8. The summed E-state index contributed by atoms with van der Waals surface area (Å²) < 4.78 is 6.05. The molecule has 0 bridgehead atoms. The van der Waals surface area contributed by atoms with Gasteiger partial charge in [0.2, 0.25) is 5.91 Å². The number of carbonyl (C=O) groups is 2. The number of aromatic nitrogens is 1. The fraction of sp³-hybridized carbons (Fsp3) is 0.312. The van der Waals surface area contributed by atoms with Crippen molar-refractivity contribution in [2.45, 2.75) is 59.2 Å². The van der Waals surface area contributed by atoms with Crippen molar-refractivity contribution in [1.29, 1.82) is 0 Å². The van der Waals surface area contributed by atoms with Gasteiger partial charge in [-0.25, -0.2) is 9.59 Å². The Kier molecular flexibility index (Phi) is 9.36. The summed E-state index contributed by atoms with van der Waals surface area (Å²) in [4.78, 5) is 46.9. The van der Waals surface area contributed by atoms with Crippen LogP contribution in [0.3, 0.4) is 0 Å². The summed E-state index contributed by atoms with van der Waals surface area (Å²) in [6.07, 6.45) is -0.808. The predicted molar refractivity (Wildman–Crippen MR) is 168 cm³/mol. The van der Waals surface area contributed by atoms with Crippen molar-refractivity contribution in [1.82, 2.24) is 9.88 Å². The molecule has 0 saturated carbocycles. The van der Waals surface area contributed by atoms with E-state index in [9.17, 15) is 19.5 Å². The summed E-state index contributed by atoms with van der Waals surface area (Å²) in [6, 6.07) is 20.1. The molecule has 4 aromatic rings. The van der Waals surface area contributed by atoms with Gasteiger partial charge in [-0.1, -0.05) is 60.7 Å². The fourth-order valence-corrected chi connectivity index (χ4v) is 5.46. The molecule has 0 saturated heterocycles. The SMILES string of the molecule is CCN(Cc1ccccc1)C(=O)[C@H](Cc1ccccc1)Nc1nc2c(Br)cc(N(C(=O)O)C(C)(C)C)c(C)c2c(=O)o1. The molecule has 42 heavy (non-hydrogen) atoms. The normalized spacial score (nSPS) is 12.1. The molecule has 0 spiro atoms. The van der Waals surface area contributed by atoms with E-state index in [0.29, 0.717) is 40.8 Å². The second kappa shape index (κ2) is 12.8. The molecule has 1 atom stereocenters. The van der Waals surface area contributed by atoms with Crippen LogP contribution < -0.4 is 15.8 Å². The Bertz CT molecular complexity index is 1630. The predicted octanol–water partition coefficient (Wildman–Crippen LogP) is 6.61. The van der Waals surface area contributed by atoms with Crippen LogP contribution in [-0.2, 0) is 17.8 Å². The Morgan fingerprint density at radius 2 is 1.64 bits per heavy atom. The van der Waals surface area contributed by atoms with Gasteiger partial charge in [-0.15, -0.1) is 0 Å². The number of fused-ring (bicyclic) bond motifs is 1. The smallest absolute Gasteiger partial charge is 0.412 e. The fourth-order valence-electron chi connectivity index (χ4n) is 4.96. The van der Waals surface area contributed by atoms with Crippen LogP contribution in [0.25, 0.3) is 10.9 Å². The van der Waals surface area contributed by atoms with Crippen LogP contribution in [0.15, 0.2) is 80.4 Å². The van der Waals surface area contributed by atoms with Crippen LogP contribution in [0.4, 0.5) is 16.5 Å². The lowest BCUT2D eigenvalue weighted by atomic mass is 10.0. The summed E-state index contributed by atoms with van der Waals surface area (Å²) in [5, 5.41) is 13.2. The lowest BCUT2D eigenvalue weighted by Crippen LogP contribution is -2.45. The van der Waals surface area contributed by atoms with Gasteiger partial charge in [0.05, 0.1) is 16.6 Å². The summed E-state index contributed by atoms with van der Waals surface area (Å²) in [5.41, 5.74) is 1.55. The maximum atomic E-state index is 13.9. The van der Waals surface area contributed by atoms with E-state index in [-0.39, 0.29) is 17.3 Å². The third-order valence-electron chi connectivity index (χ3n) is 6.98. The van der Waals surface area contributed by atoms with Crippen LogP contribution in [0.1, 0.15) is 44.4 Å². The Hall–Kier alpha value is -4.18. The quantitative estimate of drug-likeness (QED) is 0.213. The van der Waals surface area contributed by atoms with Gasteiger partial charge in [0, 0.05) is 29.5 Å². The molecule has 0 aliphatic rings. The first-order chi connectivity index (χ1) is 19.9. The molecule has 2 amide bonds. The number of amides is 2. The number of benzene rings is 3. The molecule has 220 valence electrons. The highest BCUT2D eigenvalue weighted by Gasteiger charge is 2.31. The molecule has 0 aliphatic carbocycles. The third-order valence-corrected chi connectivity index (χ3v) is 7.59. The molecule has 3 aromatic carbocycles. The number of carboxylic acid groups (broad SMARTS) is 1. The molecule has 2 N–H and O–H groups in total. The highest BCUT2D eigenvalue weighted by molar-refractivity contribution is 9.10. The largest absolute Gasteiger partial charge is 0.465 e. The second-order valence-corrected chi connectivity index (χ2v) is 11.9. The maximum absolute atomic E-state index is 13.9. The molecule has 9 nitrogen and oxygen atoms in total. The minimum absolute atomic E-state index is 0.101. The Balaban J connectivity index is 1.75. The molecular weight excluding hydrogens is 600 g/mol. The van der Waals surface area contributed by atoms with Crippen molar-refractivity contribution in [2.24, 2.45) is 0 Å². The van der Waals surface area contributed by atoms with Crippen molar-refractivity contribution in [2.75, 3.05) is 16.8 Å². The molecule has 0 unspecified atom stereocenters. The van der Waals surface area contributed by atoms with Gasteiger partial charge in [0.15, 0.2) is 0 Å². The Morgan fingerprint density at radius 1 is 1.05 bits per heavy atom. The van der Waals surface area contributed by atoms with Crippen LogP contribution in [0.5, 0.6) is 0 Å². The van der Waals surface area contributed by atoms with E-state index in [2.05, 4.69) is 26.2 Å². The maximum Gasteiger partial charge on any atom is 0.412 e. The first-order valence-corrected chi connectivity index (χ1v) is 14.5. The van der Waals surface area contributed by atoms with Crippen molar-refractivity contribution in [3.05, 3.63) is 98.3 Å². The number of halogens is 1. The van der Waals surface area contributed by atoms with E-state index in [1.54, 1.807) is 38.7 Å². The van der Waals surface area contributed by atoms with Gasteiger partial charge in [-0.05, 0) is 73.3 Å². The Labute approximate surface area is 253 Å². The van der Waals surface area contributed by atoms with Crippen LogP contribution >= 0.6 is 15.9 Å². The van der Waals surface area contributed by atoms with Crippen LogP contribution in [0.2, 0.25) is 0 Å². The number of hydrogen-bond acceptors (Lipinski definition) is 6. The van der Waals surface area contributed by atoms with E-state index >= 15 is 0 Å². The van der Waals surface area contributed by atoms with E-state index < -0.39 is 23.3 Å². The number of nitrogens with zero attached hydrogens (tertiary/aromatic N) is 3. The average molecular weight is 636 g/mol. The van der Waals surface area contributed by atoms with Crippen molar-refractivity contribution < 1.29 is 19.1 Å². The van der Waals surface area contributed by atoms with Crippen molar-refractivity contribution in [3.63, 3.8) is 0 Å². The molecule has 4 rings (SSSR count). The van der Waals surface area contributed by atoms with Gasteiger partial charge in [-0.3, -0.25) is 9.69 Å². The number of rotatable bonds is 9. The average Bonchev–Trinajstić information content (AvgIpc) is 2.93. The molecule has 0 fully saturated rings. The summed E-state index contributed by atoms with van der Waals surface area (Å²) >= 11 is 3.49. The van der Waals surface area contributed by atoms with Crippen molar-refractivity contribution >= 4 is 50.5 Å². The summed E-state index contributed by atoms with van der Waals surface area (Å²) in [6.45, 7) is 9.82. The number of likely N-dealkylation sites (N-methyl/N-ethyl adjacent to an activating group) is 1. The monoisotopic (exact) mass is 634 g/mol. The minimum Gasteiger partial charge on any atom is -0.465 e. The first-order valence-electron chi connectivity index (χ1n) is 13.7. The number of carbonyl (C=O) groups excluding carboxylic acids is 1. The van der Waals surface area contributed by atoms with E-state index in [0.717, 1.165) is 11.1 Å². The van der Waals surface area contributed by atoms with Crippen LogP contribution in [-0.4, -0.2) is 45.1 Å². The summed E-state index contributed by atoms with van der Waals surface area (Å²) in [7, 11) is 0. The molecule has 0 radical (unpaired) electrons. The number of anilines is 2. The highest BCUT2D eigenvalue weighted by atomic mass is 79.9. The minimum atomic E-state index is -1.15. The van der Waals surface area contributed by atoms with E-state index in [1.807, 2.05) is 67.6 Å². The zero-order valence-corrected chi connectivity index (χ0v) is 25.9. The van der Waals surface area contributed by atoms with Gasteiger partial charge >= 0.3 is 11.7 Å². The highest BCUT2D eigenvalue weighted by Crippen LogP contribution is 2.35. The zero-order valence-electron chi connectivity index (χ0n) is 24.3. The number of hydrogen-bond donors (Lipinski definition) is 2. The van der Waals surface area contributed by atoms with Crippen molar-refractivity contribution in [3.8, 4) is 0 Å².